The standard InChI is InChI=1S/C14H18F3N3S/c15-14(16,17)11-6-5-7-12(10-11)18-13(21)19-20-8-3-1-2-4-9-20/h5-7,10H,1-4,8-9H2,(H2,18,19,21). The molecule has 116 valence electrons. The van der Waals surface area contributed by atoms with Crippen molar-refractivity contribution in [1.29, 1.82) is 0 Å². The van der Waals surface area contributed by atoms with Gasteiger partial charge in [0.05, 0.1) is 5.56 Å². The molecule has 3 nitrogen and oxygen atoms in total. The van der Waals surface area contributed by atoms with E-state index in [1.54, 1.807) is 6.07 Å². The van der Waals surface area contributed by atoms with E-state index in [9.17, 15) is 13.2 Å². The number of benzene rings is 1. The fourth-order valence-corrected chi connectivity index (χ4v) is 2.51. The molecule has 21 heavy (non-hydrogen) atoms. The molecule has 0 bridgehead atoms. The summed E-state index contributed by atoms with van der Waals surface area (Å²) in [6.45, 7) is 1.79. The molecule has 0 radical (unpaired) electrons. The number of anilines is 1. The first-order valence-electron chi connectivity index (χ1n) is 6.95. The van der Waals surface area contributed by atoms with E-state index in [1.165, 1.54) is 18.9 Å². The van der Waals surface area contributed by atoms with E-state index in [0.717, 1.165) is 38.1 Å². The number of rotatable bonds is 2. The Kier molecular flexibility index (Phi) is 5.41. The minimum Gasteiger partial charge on any atom is -0.332 e. The van der Waals surface area contributed by atoms with Crippen LogP contribution in [0.2, 0.25) is 0 Å². The highest BCUT2D eigenvalue weighted by Crippen LogP contribution is 2.30. The number of nitrogens with zero attached hydrogens (tertiary/aromatic N) is 1. The van der Waals surface area contributed by atoms with E-state index in [2.05, 4.69) is 10.7 Å². The van der Waals surface area contributed by atoms with Crippen molar-refractivity contribution in [1.82, 2.24) is 10.4 Å². The number of halogens is 3. The van der Waals surface area contributed by atoms with Gasteiger partial charge in [0.15, 0.2) is 5.11 Å². The zero-order valence-electron chi connectivity index (χ0n) is 11.5. The number of nitrogens with one attached hydrogen (secondary N) is 2. The third-order valence-electron chi connectivity index (χ3n) is 3.31. The lowest BCUT2D eigenvalue weighted by atomic mass is 10.2. The quantitative estimate of drug-likeness (QED) is 0.812. The van der Waals surface area contributed by atoms with Crippen LogP contribution < -0.4 is 10.7 Å². The molecule has 0 spiro atoms. The maximum absolute atomic E-state index is 12.6. The predicted octanol–water partition coefficient (Wildman–Crippen LogP) is 3.78. The van der Waals surface area contributed by atoms with Gasteiger partial charge in [0.25, 0.3) is 0 Å². The summed E-state index contributed by atoms with van der Waals surface area (Å²) < 4.78 is 37.9. The number of alkyl halides is 3. The topological polar surface area (TPSA) is 27.3 Å². The molecule has 0 unspecified atom stereocenters. The SMILES string of the molecule is FC(F)(F)c1cccc(NC(=S)NN2CCCCCC2)c1. The van der Waals surface area contributed by atoms with Gasteiger partial charge in [-0.1, -0.05) is 18.9 Å². The molecular formula is C14H18F3N3S. The van der Waals surface area contributed by atoms with Gasteiger partial charge >= 0.3 is 6.18 Å². The Bertz CT molecular complexity index is 483. The summed E-state index contributed by atoms with van der Waals surface area (Å²) in [6.07, 6.45) is 0.244. The van der Waals surface area contributed by atoms with Crippen molar-refractivity contribution < 1.29 is 13.2 Å². The monoisotopic (exact) mass is 317 g/mol. The minimum absolute atomic E-state index is 0.316. The third-order valence-corrected chi connectivity index (χ3v) is 3.51. The Morgan fingerprint density at radius 2 is 1.76 bits per heavy atom. The van der Waals surface area contributed by atoms with Crippen LogP contribution in [0.3, 0.4) is 0 Å². The molecule has 0 aliphatic carbocycles. The second kappa shape index (κ2) is 7.09. The lowest BCUT2D eigenvalue weighted by Gasteiger charge is -2.23. The number of hydrazine groups is 1. The van der Waals surface area contributed by atoms with Crippen molar-refractivity contribution in [3.8, 4) is 0 Å². The molecule has 0 aromatic heterocycles. The first-order valence-corrected chi connectivity index (χ1v) is 7.36. The Morgan fingerprint density at radius 1 is 1.10 bits per heavy atom. The van der Waals surface area contributed by atoms with Crippen LogP contribution in [0.4, 0.5) is 18.9 Å². The lowest BCUT2D eigenvalue weighted by Crippen LogP contribution is -2.44. The average molecular weight is 317 g/mol. The van der Waals surface area contributed by atoms with Crippen LogP contribution in [0.25, 0.3) is 0 Å². The van der Waals surface area contributed by atoms with Crippen molar-refractivity contribution in [2.45, 2.75) is 31.9 Å². The lowest BCUT2D eigenvalue weighted by molar-refractivity contribution is -0.137. The average Bonchev–Trinajstić information content (AvgIpc) is 2.66. The van der Waals surface area contributed by atoms with E-state index in [-0.39, 0.29) is 0 Å². The zero-order valence-corrected chi connectivity index (χ0v) is 12.4. The molecule has 0 atom stereocenters. The van der Waals surface area contributed by atoms with Gasteiger partial charge in [-0.3, -0.25) is 5.43 Å². The van der Waals surface area contributed by atoms with Crippen LogP contribution >= 0.6 is 12.2 Å². The van der Waals surface area contributed by atoms with Crippen LogP contribution in [-0.4, -0.2) is 23.2 Å². The first-order chi connectivity index (χ1) is 9.95. The largest absolute Gasteiger partial charge is 0.416 e. The summed E-state index contributed by atoms with van der Waals surface area (Å²) in [5.74, 6) is 0. The Morgan fingerprint density at radius 3 is 2.38 bits per heavy atom. The highest BCUT2D eigenvalue weighted by molar-refractivity contribution is 7.80. The van der Waals surface area contributed by atoms with Crippen molar-refractivity contribution in [3.05, 3.63) is 29.8 Å². The summed E-state index contributed by atoms with van der Waals surface area (Å²) in [5.41, 5.74) is 2.68. The summed E-state index contributed by atoms with van der Waals surface area (Å²) in [5, 5.41) is 5.13. The predicted molar refractivity (Wildman–Crippen MR) is 80.8 cm³/mol. The molecule has 7 heteroatoms. The Labute approximate surface area is 127 Å². The maximum Gasteiger partial charge on any atom is 0.416 e. The van der Waals surface area contributed by atoms with Gasteiger partial charge in [0.1, 0.15) is 0 Å². The van der Waals surface area contributed by atoms with E-state index in [1.807, 2.05) is 5.01 Å². The summed E-state index contributed by atoms with van der Waals surface area (Å²) >= 11 is 5.15. The van der Waals surface area contributed by atoms with Crippen LogP contribution in [0, 0.1) is 0 Å². The minimum atomic E-state index is -4.35. The highest BCUT2D eigenvalue weighted by Gasteiger charge is 2.30. The Hall–Kier alpha value is -1.34. The number of thiocarbonyl (C=S) groups is 1. The van der Waals surface area contributed by atoms with Crippen molar-refractivity contribution >= 4 is 23.0 Å². The van der Waals surface area contributed by atoms with Gasteiger partial charge in [-0.05, 0) is 43.3 Å². The molecule has 1 aliphatic rings. The van der Waals surface area contributed by atoms with Crippen LogP contribution in [-0.2, 0) is 6.18 Å². The van der Waals surface area contributed by atoms with Gasteiger partial charge < -0.3 is 5.32 Å². The van der Waals surface area contributed by atoms with Crippen LogP contribution in [0.1, 0.15) is 31.2 Å². The molecule has 1 fully saturated rings. The molecule has 0 saturated carbocycles. The van der Waals surface area contributed by atoms with E-state index in [0.29, 0.717) is 10.8 Å². The molecule has 2 N–H and O–H groups in total. The van der Waals surface area contributed by atoms with Crippen molar-refractivity contribution in [2.24, 2.45) is 0 Å². The molecule has 1 saturated heterocycles. The summed E-state index contributed by atoms with van der Waals surface area (Å²) in [6, 6.07) is 5.01. The third kappa shape index (κ3) is 5.17. The molecule has 1 aliphatic heterocycles. The molecule has 0 amide bonds. The maximum atomic E-state index is 12.6. The second-order valence-corrected chi connectivity index (χ2v) is 5.45. The van der Waals surface area contributed by atoms with Crippen LogP contribution in [0.5, 0.6) is 0 Å². The number of hydrogen-bond donors (Lipinski definition) is 2. The normalized spacial score (nSPS) is 17.1. The first kappa shape index (κ1) is 16.0. The van der Waals surface area contributed by atoms with Gasteiger partial charge in [-0.25, -0.2) is 5.01 Å². The molecule has 2 rings (SSSR count). The molecular weight excluding hydrogens is 299 g/mol. The molecule has 1 heterocycles. The molecule has 1 aromatic rings. The molecule has 1 aromatic carbocycles. The summed E-state index contributed by atoms with van der Waals surface area (Å²) in [7, 11) is 0. The Balaban J connectivity index is 1.93. The van der Waals surface area contributed by atoms with E-state index in [4.69, 9.17) is 12.2 Å². The summed E-state index contributed by atoms with van der Waals surface area (Å²) in [4.78, 5) is 0. The van der Waals surface area contributed by atoms with E-state index < -0.39 is 11.7 Å². The van der Waals surface area contributed by atoms with Crippen molar-refractivity contribution in [3.63, 3.8) is 0 Å². The second-order valence-electron chi connectivity index (χ2n) is 5.05. The zero-order chi connectivity index (χ0) is 15.3. The smallest absolute Gasteiger partial charge is 0.332 e. The fourth-order valence-electron chi connectivity index (χ4n) is 2.26. The van der Waals surface area contributed by atoms with Crippen LogP contribution in [0.15, 0.2) is 24.3 Å². The number of hydrogen-bond acceptors (Lipinski definition) is 2. The highest BCUT2D eigenvalue weighted by atomic mass is 32.1. The van der Waals surface area contributed by atoms with Gasteiger partial charge in [0, 0.05) is 18.8 Å². The van der Waals surface area contributed by atoms with Gasteiger partial charge in [-0.2, -0.15) is 13.2 Å². The van der Waals surface area contributed by atoms with Gasteiger partial charge in [-0.15, -0.1) is 0 Å². The fraction of sp³-hybridized carbons (Fsp3) is 0.500. The van der Waals surface area contributed by atoms with Gasteiger partial charge in [0.2, 0.25) is 0 Å². The van der Waals surface area contributed by atoms with E-state index >= 15 is 0 Å². The van der Waals surface area contributed by atoms with Crippen molar-refractivity contribution in [2.75, 3.05) is 18.4 Å².